The van der Waals surface area contributed by atoms with Crippen molar-refractivity contribution < 1.29 is 45.4 Å². The Bertz CT molecular complexity index is 1750. The van der Waals surface area contributed by atoms with Gasteiger partial charge in [0.25, 0.3) is 20.0 Å². The fraction of sp³-hybridized carbons (Fsp3) is 0.280. The van der Waals surface area contributed by atoms with Gasteiger partial charge in [0.1, 0.15) is 17.3 Å². The molecule has 3 N–H and O–H groups in total. The van der Waals surface area contributed by atoms with E-state index in [9.17, 15) is 26.4 Å². The molecule has 0 aliphatic carbocycles. The van der Waals surface area contributed by atoms with Crippen LogP contribution in [0.2, 0.25) is 0 Å². The maximum absolute atomic E-state index is 13.4. The van der Waals surface area contributed by atoms with Gasteiger partial charge in [-0.3, -0.25) is 10.7 Å². The second kappa shape index (κ2) is 15.1. The summed E-state index contributed by atoms with van der Waals surface area (Å²) in [6.45, 7) is 2.98. The molecule has 44 heavy (non-hydrogen) atoms. The Morgan fingerprint density at radius 3 is 2.09 bits per heavy atom. The number of carbonyl (C=O) groups is 2. The lowest BCUT2D eigenvalue weighted by atomic mass is 10.2. The first-order chi connectivity index (χ1) is 20.9. The Kier molecular flexibility index (Phi) is 11.6. The van der Waals surface area contributed by atoms with Gasteiger partial charge in [-0.1, -0.05) is 24.3 Å². The van der Waals surface area contributed by atoms with Crippen molar-refractivity contribution in [3.05, 3.63) is 65.5 Å². The van der Waals surface area contributed by atoms with Gasteiger partial charge in [-0.05, 0) is 38.1 Å². The Morgan fingerprint density at radius 2 is 1.45 bits per heavy atom. The summed E-state index contributed by atoms with van der Waals surface area (Å²) in [7, 11) is -6.62. The fourth-order valence-electron chi connectivity index (χ4n) is 3.36. The molecule has 1 heterocycles. The van der Waals surface area contributed by atoms with Gasteiger partial charge in [0.2, 0.25) is 11.9 Å². The number of guanidine groups is 1. The normalized spacial score (nSPS) is 11.9. The molecule has 0 saturated heterocycles. The number of benzene rings is 2. The van der Waals surface area contributed by atoms with Crippen molar-refractivity contribution in [2.24, 2.45) is 4.40 Å². The Balaban J connectivity index is 2.03. The molecule has 236 valence electrons. The standard InChI is InChI=1S/C25H29N7O10S2/c1-5-41-21(33)17-10-6-8-12-19(17)43(35,36)31-24(28-23-26-16(2)27-25(29-23)40-4)30-32-44(37,38)20-13-9-7-11-18(20)22(34)42-15-14-39-3/h6-13,32H,5,14-15H2,1-4H3,(H2,26,27,28,29,30,31). The van der Waals surface area contributed by atoms with E-state index in [1.54, 1.807) is 6.92 Å². The Morgan fingerprint density at radius 1 is 0.841 bits per heavy atom. The number of aromatic nitrogens is 3. The fourth-order valence-corrected chi connectivity index (χ4v) is 5.51. The summed E-state index contributed by atoms with van der Waals surface area (Å²) in [4.78, 5) is 37.8. The van der Waals surface area contributed by atoms with Crippen molar-refractivity contribution in [1.82, 2.24) is 25.2 Å². The number of nitrogens with zero attached hydrogens (tertiary/aromatic N) is 4. The number of aryl methyl sites for hydroxylation is 1. The first-order valence-electron chi connectivity index (χ1n) is 12.6. The summed E-state index contributed by atoms with van der Waals surface area (Å²) >= 11 is 0. The molecule has 3 aromatic rings. The minimum atomic E-state index is -4.73. The molecule has 1 aromatic heterocycles. The van der Waals surface area contributed by atoms with Gasteiger partial charge in [-0.25, -0.2) is 18.0 Å². The molecule has 0 saturated carbocycles. The maximum atomic E-state index is 13.4. The third-order valence-corrected chi connectivity index (χ3v) is 7.87. The van der Waals surface area contributed by atoms with Crippen LogP contribution in [0.5, 0.6) is 6.01 Å². The van der Waals surface area contributed by atoms with Crippen LogP contribution in [0.15, 0.2) is 62.7 Å². The van der Waals surface area contributed by atoms with Crippen LogP contribution in [0.4, 0.5) is 5.95 Å². The van der Waals surface area contributed by atoms with Crippen LogP contribution in [-0.4, -0.2) is 83.7 Å². The molecular formula is C25H29N7O10S2. The van der Waals surface area contributed by atoms with Gasteiger partial charge in [0, 0.05) is 7.11 Å². The van der Waals surface area contributed by atoms with E-state index in [2.05, 4.69) is 30.1 Å². The van der Waals surface area contributed by atoms with Crippen LogP contribution in [-0.2, 0) is 34.3 Å². The largest absolute Gasteiger partial charge is 0.467 e. The third-order valence-electron chi connectivity index (χ3n) is 5.23. The number of hydrogen-bond donors (Lipinski definition) is 3. The first-order valence-corrected chi connectivity index (χ1v) is 15.5. The molecule has 0 spiro atoms. The van der Waals surface area contributed by atoms with E-state index in [1.807, 2.05) is 4.83 Å². The van der Waals surface area contributed by atoms with E-state index in [0.29, 0.717) is 0 Å². The quantitative estimate of drug-likeness (QED) is 0.0764. The lowest BCUT2D eigenvalue weighted by Crippen LogP contribution is -2.45. The molecule has 0 unspecified atom stereocenters. The molecule has 19 heteroatoms. The SMILES string of the molecule is CCOC(=O)c1ccccc1S(=O)(=O)N=C(NNS(=O)(=O)c1ccccc1C(=O)OCCOC)Nc1nc(C)nc(OC)n1. The van der Waals surface area contributed by atoms with Crippen molar-refractivity contribution in [3.8, 4) is 6.01 Å². The van der Waals surface area contributed by atoms with Gasteiger partial charge in [0.05, 0.1) is 36.3 Å². The molecule has 17 nitrogen and oxygen atoms in total. The van der Waals surface area contributed by atoms with Gasteiger partial charge < -0.3 is 18.9 Å². The van der Waals surface area contributed by atoms with Gasteiger partial charge in [-0.15, -0.1) is 9.23 Å². The van der Waals surface area contributed by atoms with Crippen LogP contribution in [0.25, 0.3) is 0 Å². The summed E-state index contributed by atoms with van der Waals surface area (Å²) < 4.78 is 76.9. The molecule has 0 aliphatic rings. The van der Waals surface area contributed by atoms with Crippen LogP contribution < -0.4 is 20.3 Å². The number of rotatable bonds is 13. The number of sulfonamides is 2. The Hall–Kier alpha value is -4.72. The highest BCUT2D eigenvalue weighted by Gasteiger charge is 2.26. The zero-order valence-electron chi connectivity index (χ0n) is 23.9. The lowest BCUT2D eigenvalue weighted by molar-refractivity contribution is 0.0383. The highest BCUT2D eigenvalue weighted by Crippen LogP contribution is 2.20. The van der Waals surface area contributed by atoms with E-state index in [-0.39, 0.29) is 48.7 Å². The van der Waals surface area contributed by atoms with Crippen LogP contribution in [0.1, 0.15) is 33.5 Å². The van der Waals surface area contributed by atoms with Crippen LogP contribution in [0, 0.1) is 6.92 Å². The molecule has 0 amide bonds. The topological polar surface area (TPSA) is 226 Å². The molecule has 0 fully saturated rings. The minimum absolute atomic E-state index is 0.0193. The summed E-state index contributed by atoms with van der Waals surface area (Å²) in [6, 6.07) is 10.1. The smallest absolute Gasteiger partial charge is 0.339 e. The lowest BCUT2D eigenvalue weighted by Gasteiger charge is -2.15. The van der Waals surface area contributed by atoms with E-state index in [0.717, 1.165) is 12.1 Å². The molecule has 0 radical (unpaired) electrons. The van der Waals surface area contributed by atoms with Gasteiger partial charge in [0.15, 0.2) is 0 Å². The van der Waals surface area contributed by atoms with Gasteiger partial charge in [-0.2, -0.15) is 23.4 Å². The second-order valence-electron chi connectivity index (χ2n) is 8.30. The van der Waals surface area contributed by atoms with E-state index in [4.69, 9.17) is 18.9 Å². The van der Waals surface area contributed by atoms with Crippen molar-refractivity contribution >= 4 is 43.9 Å². The zero-order chi connectivity index (χ0) is 32.3. The molecule has 0 aliphatic heterocycles. The Labute approximate surface area is 253 Å². The average molecular weight is 652 g/mol. The second-order valence-corrected chi connectivity index (χ2v) is 11.5. The van der Waals surface area contributed by atoms with Crippen molar-refractivity contribution in [2.45, 2.75) is 23.6 Å². The minimum Gasteiger partial charge on any atom is -0.467 e. The third kappa shape index (κ3) is 8.89. The van der Waals surface area contributed by atoms with E-state index >= 15 is 0 Å². The number of hydrogen-bond acceptors (Lipinski definition) is 13. The van der Waals surface area contributed by atoms with Crippen LogP contribution >= 0.6 is 0 Å². The average Bonchev–Trinajstić information content (AvgIpc) is 2.99. The molecule has 2 aromatic carbocycles. The molecule has 0 bridgehead atoms. The predicted molar refractivity (Wildman–Crippen MR) is 154 cm³/mol. The number of nitrogens with one attached hydrogen (secondary N) is 3. The zero-order valence-corrected chi connectivity index (χ0v) is 25.6. The van der Waals surface area contributed by atoms with Crippen molar-refractivity contribution in [2.75, 3.05) is 39.4 Å². The highest BCUT2D eigenvalue weighted by atomic mass is 32.2. The number of methoxy groups -OCH3 is 2. The number of anilines is 1. The van der Waals surface area contributed by atoms with Gasteiger partial charge >= 0.3 is 17.9 Å². The summed E-state index contributed by atoms with van der Waals surface area (Å²) in [5, 5.41) is 2.46. The molecule has 0 atom stereocenters. The monoisotopic (exact) mass is 651 g/mol. The number of hydrazine groups is 1. The van der Waals surface area contributed by atoms with Crippen molar-refractivity contribution in [1.29, 1.82) is 0 Å². The van der Waals surface area contributed by atoms with Crippen LogP contribution in [0.3, 0.4) is 0 Å². The first kappa shape index (κ1) is 33.8. The highest BCUT2D eigenvalue weighted by molar-refractivity contribution is 7.90. The van der Waals surface area contributed by atoms with E-state index < -0.39 is 47.7 Å². The summed E-state index contributed by atoms with van der Waals surface area (Å²) in [5.41, 5.74) is 1.56. The maximum Gasteiger partial charge on any atom is 0.339 e. The number of carbonyl (C=O) groups excluding carboxylic acids is 2. The summed E-state index contributed by atoms with van der Waals surface area (Å²) in [6.07, 6.45) is 0. The molecular weight excluding hydrogens is 622 g/mol. The molecule has 3 rings (SSSR count). The summed E-state index contributed by atoms with van der Waals surface area (Å²) in [5.74, 6) is -2.73. The predicted octanol–water partition coefficient (Wildman–Crippen LogP) is 0.808. The van der Waals surface area contributed by atoms with Crippen molar-refractivity contribution in [3.63, 3.8) is 0 Å². The number of esters is 2. The number of ether oxygens (including phenoxy) is 4. The van der Waals surface area contributed by atoms with E-state index in [1.165, 1.54) is 57.5 Å².